The number of nitrogens with zero attached hydrogens (tertiary/aromatic N) is 1. The van der Waals surface area contributed by atoms with Crippen molar-refractivity contribution in [3.8, 4) is 0 Å². The van der Waals surface area contributed by atoms with Gasteiger partial charge in [-0.25, -0.2) is 4.79 Å². The van der Waals surface area contributed by atoms with Crippen LogP contribution in [0.15, 0.2) is 30.3 Å². The van der Waals surface area contributed by atoms with Crippen molar-refractivity contribution in [2.24, 2.45) is 0 Å². The molecule has 1 heterocycles. The number of benzene rings is 1. The number of hydrogen-bond acceptors (Lipinski definition) is 4. The molecule has 20 heavy (non-hydrogen) atoms. The normalized spacial score (nSPS) is 21.8. The lowest BCUT2D eigenvalue weighted by Crippen LogP contribution is -2.70. The third-order valence-electron chi connectivity index (χ3n) is 3.03. The van der Waals surface area contributed by atoms with Crippen molar-refractivity contribution < 1.29 is 19.1 Å². The van der Waals surface area contributed by atoms with Gasteiger partial charge < -0.3 is 9.47 Å². The van der Waals surface area contributed by atoms with E-state index in [4.69, 9.17) is 9.47 Å². The number of hydrogen-bond donors (Lipinski definition) is 0. The van der Waals surface area contributed by atoms with E-state index in [2.05, 4.69) is 0 Å². The minimum Gasteiger partial charge on any atom is -0.464 e. The smallest absolute Gasteiger partial charge is 0.332 e. The molecule has 0 aromatic heterocycles. The summed E-state index contributed by atoms with van der Waals surface area (Å²) in [5, 5.41) is 0. The van der Waals surface area contributed by atoms with Crippen molar-refractivity contribution >= 4 is 17.6 Å². The van der Waals surface area contributed by atoms with Crippen LogP contribution in [-0.2, 0) is 19.1 Å². The van der Waals surface area contributed by atoms with Gasteiger partial charge in [-0.15, -0.1) is 0 Å². The monoisotopic (exact) mass is 277 g/mol. The van der Waals surface area contributed by atoms with E-state index in [1.54, 1.807) is 19.1 Å². The van der Waals surface area contributed by atoms with Crippen LogP contribution in [0.1, 0.15) is 20.8 Å². The summed E-state index contributed by atoms with van der Waals surface area (Å²) in [6.07, 6.45) is -0.881. The van der Waals surface area contributed by atoms with E-state index in [9.17, 15) is 9.59 Å². The van der Waals surface area contributed by atoms with Crippen molar-refractivity contribution in [3.63, 3.8) is 0 Å². The van der Waals surface area contributed by atoms with Crippen LogP contribution in [0.25, 0.3) is 0 Å². The van der Waals surface area contributed by atoms with E-state index in [-0.39, 0.29) is 18.6 Å². The van der Waals surface area contributed by atoms with Crippen LogP contribution in [0, 0.1) is 0 Å². The fraction of sp³-hybridized carbons (Fsp3) is 0.467. The first-order valence-corrected chi connectivity index (χ1v) is 6.76. The first-order chi connectivity index (χ1) is 9.56. The predicted molar refractivity (Wildman–Crippen MR) is 74.4 cm³/mol. The van der Waals surface area contributed by atoms with Crippen molar-refractivity contribution in [3.05, 3.63) is 30.3 Å². The number of carbonyl (C=O) groups is 2. The molecule has 0 radical (unpaired) electrons. The highest BCUT2D eigenvalue weighted by atomic mass is 16.5. The van der Waals surface area contributed by atoms with Crippen molar-refractivity contribution in [1.82, 2.24) is 0 Å². The van der Waals surface area contributed by atoms with Gasteiger partial charge in [-0.3, -0.25) is 9.69 Å². The van der Waals surface area contributed by atoms with Crippen molar-refractivity contribution in [2.75, 3.05) is 11.5 Å². The van der Waals surface area contributed by atoms with E-state index >= 15 is 0 Å². The summed E-state index contributed by atoms with van der Waals surface area (Å²) in [5.41, 5.74) is 0.680. The topological polar surface area (TPSA) is 55.8 Å². The van der Waals surface area contributed by atoms with Gasteiger partial charge in [0.1, 0.15) is 0 Å². The second-order valence-corrected chi connectivity index (χ2v) is 4.85. The molecule has 0 unspecified atom stereocenters. The Hall–Kier alpha value is -1.88. The molecule has 0 N–H and O–H groups in total. The number of para-hydroxylation sites is 1. The Morgan fingerprint density at radius 3 is 2.50 bits per heavy atom. The molecule has 1 saturated heterocycles. The average Bonchev–Trinajstić information content (AvgIpc) is 2.42. The third-order valence-corrected chi connectivity index (χ3v) is 3.03. The summed E-state index contributed by atoms with van der Waals surface area (Å²) in [6, 6.07) is 8.37. The molecular formula is C15H19NO4. The van der Waals surface area contributed by atoms with Gasteiger partial charge in [0.15, 0.2) is 12.1 Å². The summed E-state index contributed by atoms with van der Waals surface area (Å²) in [7, 11) is 0. The number of amides is 1. The third kappa shape index (κ3) is 2.67. The Morgan fingerprint density at radius 2 is 1.95 bits per heavy atom. The number of rotatable bonds is 5. The zero-order valence-corrected chi connectivity index (χ0v) is 11.9. The number of anilines is 1. The molecule has 1 fully saturated rings. The fourth-order valence-electron chi connectivity index (χ4n) is 2.22. The molecular weight excluding hydrogens is 258 g/mol. The number of ether oxygens (including phenoxy) is 2. The Morgan fingerprint density at radius 1 is 1.30 bits per heavy atom. The summed E-state index contributed by atoms with van der Waals surface area (Å²) in [5.74, 6) is -0.635. The lowest BCUT2D eigenvalue weighted by atomic mass is 9.96. The highest BCUT2D eigenvalue weighted by Gasteiger charge is 2.54. The van der Waals surface area contributed by atoms with Gasteiger partial charge in [0.05, 0.1) is 12.7 Å². The molecule has 108 valence electrons. The van der Waals surface area contributed by atoms with Crippen LogP contribution >= 0.6 is 0 Å². The van der Waals surface area contributed by atoms with Gasteiger partial charge in [-0.05, 0) is 32.9 Å². The summed E-state index contributed by atoms with van der Waals surface area (Å²) in [6.45, 7) is 5.69. The van der Waals surface area contributed by atoms with E-state index in [1.165, 1.54) is 4.90 Å². The van der Waals surface area contributed by atoms with E-state index in [1.807, 2.05) is 32.0 Å². The quantitative estimate of drug-likeness (QED) is 0.608. The lowest BCUT2D eigenvalue weighted by Gasteiger charge is -2.45. The molecule has 1 aromatic carbocycles. The van der Waals surface area contributed by atoms with Crippen LogP contribution in [0.3, 0.4) is 0 Å². The Kier molecular flexibility index (Phi) is 4.39. The molecule has 2 rings (SSSR count). The van der Waals surface area contributed by atoms with Gasteiger partial charge in [0.25, 0.3) is 5.91 Å². The molecule has 0 saturated carbocycles. The molecule has 1 aliphatic heterocycles. The largest absolute Gasteiger partial charge is 0.464 e. The maximum atomic E-state index is 12.2. The first-order valence-electron chi connectivity index (χ1n) is 6.76. The van der Waals surface area contributed by atoms with Crippen LogP contribution in [0.2, 0.25) is 0 Å². The summed E-state index contributed by atoms with van der Waals surface area (Å²) >= 11 is 0. The van der Waals surface area contributed by atoms with E-state index in [0.717, 1.165) is 0 Å². The summed E-state index contributed by atoms with van der Waals surface area (Å²) in [4.78, 5) is 25.7. The second-order valence-electron chi connectivity index (χ2n) is 4.85. The SMILES string of the molecule is CCOC(=O)[C@@H]1[C@H](OC(C)C)C(=O)N1c1ccccc1. The second kappa shape index (κ2) is 6.05. The van der Waals surface area contributed by atoms with Crippen LogP contribution in [0.4, 0.5) is 5.69 Å². The maximum Gasteiger partial charge on any atom is 0.332 e. The van der Waals surface area contributed by atoms with Gasteiger partial charge in [0, 0.05) is 5.69 Å². The Labute approximate surface area is 118 Å². The molecule has 0 spiro atoms. The minimum absolute atomic E-state index is 0.126. The first kappa shape index (κ1) is 14.5. The zero-order valence-electron chi connectivity index (χ0n) is 11.9. The number of β-lactam (4-membered cyclic amide) rings is 1. The zero-order chi connectivity index (χ0) is 14.7. The van der Waals surface area contributed by atoms with E-state index < -0.39 is 18.1 Å². The van der Waals surface area contributed by atoms with Crippen molar-refractivity contribution in [1.29, 1.82) is 0 Å². The van der Waals surface area contributed by atoms with Gasteiger partial charge in [-0.1, -0.05) is 18.2 Å². The average molecular weight is 277 g/mol. The molecule has 1 aromatic rings. The van der Waals surface area contributed by atoms with Gasteiger partial charge in [-0.2, -0.15) is 0 Å². The predicted octanol–water partition coefficient (Wildman–Crippen LogP) is 1.76. The Balaban J connectivity index is 2.23. The molecule has 1 aliphatic rings. The molecule has 0 bridgehead atoms. The Bertz CT molecular complexity index is 486. The van der Waals surface area contributed by atoms with Gasteiger partial charge in [0.2, 0.25) is 0 Å². The van der Waals surface area contributed by atoms with Crippen LogP contribution < -0.4 is 4.90 Å². The van der Waals surface area contributed by atoms with Crippen LogP contribution in [-0.4, -0.2) is 36.7 Å². The molecule has 5 nitrogen and oxygen atoms in total. The highest BCUT2D eigenvalue weighted by Crippen LogP contribution is 2.31. The van der Waals surface area contributed by atoms with Crippen LogP contribution in [0.5, 0.6) is 0 Å². The fourth-order valence-corrected chi connectivity index (χ4v) is 2.22. The summed E-state index contributed by atoms with van der Waals surface area (Å²) < 4.78 is 10.6. The lowest BCUT2D eigenvalue weighted by molar-refractivity contribution is -0.164. The molecule has 0 aliphatic carbocycles. The minimum atomic E-state index is -0.755. The highest BCUT2D eigenvalue weighted by molar-refractivity contribution is 6.12. The molecule has 5 heteroatoms. The number of esters is 1. The standard InChI is InChI=1S/C15H19NO4/c1-4-19-15(18)12-13(20-10(2)3)14(17)16(12)11-8-6-5-7-9-11/h5-10,12-13H,4H2,1-3H3/t12-,13-/m0/s1. The number of carbonyl (C=O) groups excluding carboxylic acids is 2. The van der Waals surface area contributed by atoms with E-state index in [0.29, 0.717) is 5.69 Å². The van der Waals surface area contributed by atoms with Gasteiger partial charge >= 0.3 is 5.97 Å². The molecule has 2 atom stereocenters. The molecule has 1 amide bonds. The maximum absolute atomic E-state index is 12.2. The van der Waals surface area contributed by atoms with Crippen molar-refractivity contribution in [2.45, 2.75) is 39.0 Å².